The van der Waals surface area contributed by atoms with Crippen molar-refractivity contribution in [2.45, 2.75) is 95.6 Å². The average molecular weight is 510 g/mol. The van der Waals surface area contributed by atoms with Crippen LogP contribution >= 0.6 is 0 Å². The van der Waals surface area contributed by atoms with E-state index >= 15 is 0 Å². The van der Waals surface area contributed by atoms with Gasteiger partial charge in [0.25, 0.3) is 0 Å². The molecule has 1 saturated carbocycles. The number of alkyl halides is 3. The van der Waals surface area contributed by atoms with Crippen LogP contribution < -0.4 is 10.1 Å². The Balaban J connectivity index is 1.39. The van der Waals surface area contributed by atoms with Crippen LogP contribution in [0.1, 0.15) is 76.7 Å². The fourth-order valence-corrected chi connectivity index (χ4v) is 6.07. The first-order valence-corrected chi connectivity index (χ1v) is 13.4. The van der Waals surface area contributed by atoms with E-state index in [1.807, 2.05) is 4.90 Å². The van der Waals surface area contributed by atoms with Crippen LogP contribution in [0.25, 0.3) is 0 Å². The van der Waals surface area contributed by atoms with Crippen molar-refractivity contribution in [1.29, 1.82) is 0 Å². The van der Waals surface area contributed by atoms with E-state index in [0.717, 1.165) is 37.7 Å². The van der Waals surface area contributed by atoms with E-state index in [1.165, 1.54) is 31.4 Å². The third kappa shape index (κ3) is 6.33. The number of benzene rings is 1. The second-order valence-corrected chi connectivity index (χ2v) is 10.6. The number of hydrogen-bond donors (Lipinski definition) is 1. The third-order valence-corrected chi connectivity index (χ3v) is 8.08. The maximum absolute atomic E-state index is 13.6. The lowest BCUT2D eigenvalue weighted by molar-refractivity contribution is -0.274. The molecule has 1 atom stereocenters. The van der Waals surface area contributed by atoms with Crippen molar-refractivity contribution in [2.75, 3.05) is 19.6 Å². The first-order valence-electron chi connectivity index (χ1n) is 13.4. The summed E-state index contributed by atoms with van der Waals surface area (Å²) in [5.74, 6) is 0.315. The molecule has 1 N–H and O–H groups in total. The molecule has 6 nitrogen and oxygen atoms in total. The Bertz CT molecular complexity index is 892. The van der Waals surface area contributed by atoms with Crippen molar-refractivity contribution in [3.8, 4) is 5.75 Å². The largest absolute Gasteiger partial charge is 0.573 e. The van der Waals surface area contributed by atoms with Crippen LogP contribution in [0.4, 0.5) is 13.2 Å². The number of rotatable bonds is 8. The minimum atomic E-state index is -4.71. The molecule has 9 heteroatoms. The lowest BCUT2D eigenvalue weighted by Gasteiger charge is -2.52. The van der Waals surface area contributed by atoms with Gasteiger partial charge in [0.15, 0.2) is 0 Å². The van der Waals surface area contributed by atoms with E-state index < -0.39 is 17.9 Å². The van der Waals surface area contributed by atoms with E-state index in [2.05, 4.69) is 21.9 Å². The predicted octanol–water partition coefficient (Wildman–Crippen LogP) is 5.02. The van der Waals surface area contributed by atoms with E-state index in [-0.39, 0.29) is 17.6 Å². The number of hydrogen-bond acceptors (Lipinski definition) is 4. The number of nitrogens with one attached hydrogen (secondary N) is 1. The van der Waals surface area contributed by atoms with Gasteiger partial charge in [-0.2, -0.15) is 0 Å². The zero-order chi connectivity index (χ0) is 25.8. The van der Waals surface area contributed by atoms with Gasteiger partial charge in [-0.1, -0.05) is 57.6 Å². The molecule has 0 bridgehead atoms. The topological polar surface area (TPSA) is 61.9 Å². The molecule has 36 heavy (non-hydrogen) atoms. The lowest BCUT2D eigenvalue weighted by atomic mass is 9.79. The van der Waals surface area contributed by atoms with Gasteiger partial charge in [0.2, 0.25) is 11.8 Å². The Morgan fingerprint density at radius 1 is 1.06 bits per heavy atom. The van der Waals surface area contributed by atoms with Gasteiger partial charge in [0.1, 0.15) is 17.3 Å². The zero-order valence-corrected chi connectivity index (χ0v) is 21.1. The van der Waals surface area contributed by atoms with Crippen molar-refractivity contribution < 1.29 is 27.5 Å². The summed E-state index contributed by atoms with van der Waals surface area (Å²) in [5.41, 5.74) is 0.0657. The number of likely N-dealkylation sites (tertiary alicyclic amines) is 1. The molecule has 0 radical (unpaired) electrons. The van der Waals surface area contributed by atoms with Crippen molar-refractivity contribution in [3.63, 3.8) is 0 Å². The van der Waals surface area contributed by atoms with Crippen LogP contribution in [-0.4, -0.2) is 59.2 Å². The number of nitrogens with zero attached hydrogens (tertiary/aromatic N) is 2. The van der Waals surface area contributed by atoms with Crippen molar-refractivity contribution >= 4 is 11.8 Å². The summed E-state index contributed by atoms with van der Waals surface area (Å²) in [7, 11) is 0. The molecular weight excluding hydrogens is 471 g/mol. The van der Waals surface area contributed by atoms with Gasteiger partial charge in [0, 0.05) is 26.2 Å². The normalized spacial score (nSPS) is 23.7. The molecule has 1 aromatic carbocycles. The number of carbonyl (C=O) groups is 2. The zero-order valence-electron chi connectivity index (χ0n) is 21.1. The average Bonchev–Trinajstić information content (AvgIpc) is 2.85. The van der Waals surface area contributed by atoms with Crippen LogP contribution in [0.2, 0.25) is 0 Å². The molecule has 200 valence electrons. The van der Waals surface area contributed by atoms with Crippen LogP contribution in [0.5, 0.6) is 5.75 Å². The second-order valence-electron chi connectivity index (χ2n) is 10.6. The Morgan fingerprint density at radius 3 is 2.33 bits per heavy atom. The Morgan fingerprint density at radius 2 is 1.72 bits per heavy atom. The summed E-state index contributed by atoms with van der Waals surface area (Å²) < 4.78 is 41.2. The molecule has 3 aliphatic rings. The van der Waals surface area contributed by atoms with Gasteiger partial charge in [-0.25, -0.2) is 0 Å². The fourth-order valence-electron chi connectivity index (χ4n) is 6.07. The number of ether oxygens (including phenoxy) is 1. The number of halogens is 3. The van der Waals surface area contributed by atoms with Crippen LogP contribution in [0.15, 0.2) is 24.3 Å². The number of piperidine rings is 1. The molecule has 2 heterocycles. The van der Waals surface area contributed by atoms with Gasteiger partial charge in [0.05, 0.1) is 0 Å². The van der Waals surface area contributed by atoms with E-state index in [1.54, 1.807) is 12.1 Å². The van der Waals surface area contributed by atoms with Crippen molar-refractivity contribution in [2.24, 2.45) is 5.92 Å². The highest BCUT2D eigenvalue weighted by Gasteiger charge is 2.53. The van der Waals surface area contributed by atoms with E-state index in [0.29, 0.717) is 44.9 Å². The maximum atomic E-state index is 13.6. The van der Waals surface area contributed by atoms with E-state index in [4.69, 9.17) is 0 Å². The van der Waals surface area contributed by atoms with E-state index in [9.17, 15) is 22.8 Å². The highest BCUT2D eigenvalue weighted by atomic mass is 19.4. The molecular formula is C27H38F3N3O3. The van der Waals surface area contributed by atoms with Crippen molar-refractivity contribution in [1.82, 2.24) is 15.1 Å². The maximum Gasteiger partial charge on any atom is 0.573 e. The molecule has 2 amide bonds. The second kappa shape index (κ2) is 11.4. The molecule has 0 unspecified atom stereocenters. The SMILES string of the molecule is CCCCN1C(=O)[C@H](CC2CCCCC2)NC(=O)C12CCN(Cc1ccc(OC(F)(F)F)cc1)CC2. The Hall–Kier alpha value is -2.29. The Labute approximate surface area is 211 Å². The number of piperazine rings is 1. The summed E-state index contributed by atoms with van der Waals surface area (Å²) in [6.07, 6.45) is 4.91. The molecule has 3 fully saturated rings. The molecule has 2 aliphatic heterocycles. The number of amides is 2. The van der Waals surface area contributed by atoms with Gasteiger partial charge in [-0.05, 0) is 49.3 Å². The van der Waals surface area contributed by atoms with Gasteiger partial charge >= 0.3 is 6.36 Å². The van der Waals surface area contributed by atoms with Crippen molar-refractivity contribution in [3.05, 3.63) is 29.8 Å². The molecule has 1 spiro atoms. The van der Waals surface area contributed by atoms with Crippen LogP contribution in [-0.2, 0) is 16.1 Å². The molecule has 1 aliphatic carbocycles. The predicted molar refractivity (Wildman–Crippen MR) is 130 cm³/mol. The third-order valence-electron chi connectivity index (χ3n) is 8.08. The minimum Gasteiger partial charge on any atom is -0.406 e. The highest BCUT2D eigenvalue weighted by molar-refractivity contribution is 6.00. The molecule has 2 saturated heterocycles. The summed E-state index contributed by atoms with van der Waals surface area (Å²) in [5, 5.41) is 3.12. The van der Waals surface area contributed by atoms with Gasteiger partial charge < -0.3 is 15.0 Å². The highest BCUT2D eigenvalue weighted by Crippen LogP contribution is 2.36. The smallest absolute Gasteiger partial charge is 0.406 e. The summed E-state index contributed by atoms with van der Waals surface area (Å²) in [4.78, 5) is 31.2. The number of carbonyl (C=O) groups excluding carboxylic acids is 2. The summed E-state index contributed by atoms with van der Waals surface area (Å²) in [6, 6.07) is 5.48. The first-order chi connectivity index (χ1) is 17.2. The Kier molecular flexibility index (Phi) is 8.48. The lowest BCUT2D eigenvalue weighted by Crippen LogP contribution is -2.73. The monoisotopic (exact) mass is 509 g/mol. The first kappa shape index (κ1) is 26.8. The molecule has 4 rings (SSSR count). The standard InChI is InChI=1S/C27H38F3N3O3/c1-2-3-15-33-24(34)23(18-20-7-5-4-6-8-20)31-25(35)26(33)13-16-32(17-14-26)19-21-9-11-22(12-10-21)36-27(28,29)30/h9-12,20,23H,2-8,13-19H2,1H3,(H,31,35)/t23-/m0/s1. The summed E-state index contributed by atoms with van der Waals surface area (Å²) >= 11 is 0. The number of unbranched alkanes of at least 4 members (excludes halogenated alkanes) is 1. The van der Waals surface area contributed by atoms with Gasteiger partial charge in [-0.3, -0.25) is 14.5 Å². The minimum absolute atomic E-state index is 0.0210. The molecule has 0 aromatic heterocycles. The quantitative estimate of drug-likeness (QED) is 0.535. The fraction of sp³-hybridized carbons (Fsp3) is 0.704. The van der Waals surface area contributed by atoms with Gasteiger partial charge in [-0.15, -0.1) is 13.2 Å². The summed E-state index contributed by atoms with van der Waals surface area (Å²) in [6.45, 7) is 4.53. The van der Waals surface area contributed by atoms with Crippen LogP contribution in [0.3, 0.4) is 0 Å². The van der Waals surface area contributed by atoms with Crippen LogP contribution in [0, 0.1) is 5.92 Å². The molecule has 1 aromatic rings.